The van der Waals surface area contributed by atoms with Crippen molar-refractivity contribution < 1.29 is 9.15 Å². The molecule has 2 aromatic heterocycles. The van der Waals surface area contributed by atoms with Crippen molar-refractivity contribution in [3.05, 3.63) is 52.2 Å². The number of hydrogen-bond acceptors (Lipinski definition) is 6. The molecule has 1 unspecified atom stereocenters. The van der Waals surface area contributed by atoms with Gasteiger partial charge in [0, 0.05) is 10.9 Å². The van der Waals surface area contributed by atoms with Gasteiger partial charge in [0.1, 0.15) is 5.75 Å². The molecule has 0 amide bonds. The number of likely N-dealkylation sites (tertiary alicyclic amines) is 1. The van der Waals surface area contributed by atoms with Gasteiger partial charge in [-0.3, -0.25) is 4.90 Å². The molecule has 3 aromatic rings. The normalized spacial score (nSPS) is 17.5. The standard InChI is InChI=1S/C21H25N3O2S/c1-4-18-14(2)11-19(27-18)21-23-22-20(26-21)13-24-10-6-9-17(24)15-7-5-8-16(12-15)25-3/h5,7-8,11-12,17H,4,6,9-10,13H2,1-3H3. The summed E-state index contributed by atoms with van der Waals surface area (Å²) < 4.78 is 11.4. The predicted molar refractivity (Wildman–Crippen MR) is 107 cm³/mol. The Kier molecular flexibility index (Phi) is 5.27. The number of hydrogen-bond donors (Lipinski definition) is 0. The summed E-state index contributed by atoms with van der Waals surface area (Å²) in [5.74, 6) is 2.22. The number of benzene rings is 1. The molecule has 1 aliphatic heterocycles. The summed E-state index contributed by atoms with van der Waals surface area (Å²) in [5.41, 5.74) is 2.59. The van der Waals surface area contributed by atoms with Crippen molar-refractivity contribution in [3.63, 3.8) is 0 Å². The van der Waals surface area contributed by atoms with Gasteiger partial charge in [0.15, 0.2) is 0 Å². The van der Waals surface area contributed by atoms with Gasteiger partial charge in [0.05, 0.1) is 18.5 Å². The van der Waals surface area contributed by atoms with Crippen LogP contribution in [0.2, 0.25) is 0 Å². The van der Waals surface area contributed by atoms with Crippen LogP contribution in [0.4, 0.5) is 0 Å². The first kappa shape index (κ1) is 18.2. The van der Waals surface area contributed by atoms with Crippen molar-refractivity contribution in [1.29, 1.82) is 0 Å². The Morgan fingerprint density at radius 1 is 1.30 bits per heavy atom. The largest absolute Gasteiger partial charge is 0.497 e. The van der Waals surface area contributed by atoms with Crippen LogP contribution in [-0.2, 0) is 13.0 Å². The molecule has 0 radical (unpaired) electrons. The highest BCUT2D eigenvalue weighted by atomic mass is 32.1. The minimum Gasteiger partial charge on any atom is -0.497 e. The second-order valence-corrected chi connectivity index (χ2v) is 8.11. The van der Waals surface area contributed by atoms with Crippen molar-refractivity contribution in [1.82, 2.24) is 15.1 Å². The summed E-state index contributed by atoms with van der Waals surface area (Å²) in [5, 5.41) is 8.60. The van der Waals surface area contributed by atoms with Crippen LogP contribution in [0.15, 0.2) is 34.7 Å². The SMILES string of the molecule is CCc1sc(-c2nnc(CN3CCCC3c3cccc(OC)c3)o2)cc1C. The van der Waals surface area contributed by atoms with E-state index in [1.807, 2.05) is 6.07 Å². The first-order valence-electron chi connectivity index (χ1n) is 9.48. The topological polar surface area (TPSA) is 51.4 Å². The third-order valence-corrected chi connectivity index (χ3v) is 6.57. The minimum atomic E-state index is 0.367. The molecular weight excluding hydrogens is 358 g/mol. The smallest absolute Gasteiger partial charge is 0.257 e. The number of methoxy groups -OCH3 is 1. The van der Waals surface area contributed by atoms with Gasteiger partial charge in [0.25, 0.3) is 5.89 Å². The van der Waals surface area contributed by atoms with Crippen LogP contribution in [0.1, 0.15) is 47.7 Å². The molecule has 1 aliphatic rings. The van der Waals surface area contributed by atoms with Crippen molar-refractivity contribution in [2.75, 3.05) is 13.7 Å². The molecule has 1 aromatic carbocycles. The predicted octanol–water partition coefficient (Wildman–Crippen LogP) is 5.01. The maximum atomic E-state index is 6.00. The van der Waals surface area contributed by atoms with E-state index in [-0.39, 0.29) is 0 Å². The molecule has 5 nitrogen and oxygen atoms in total. The van der Waals surface area contributed by atoms with E-state index >= 15 is 0 Å². The van der Waals surface area contributed by atoms with Gasteiger partial charge in [0.2, 0.25) is 5.89 Å². The lowest BCUT2D eigenvalue weighted by atomic mass is 10.0. The van der Waals surface area contributed by atoms with Crippen LogP contribution in [0, 0.1) is 6.92 Å². The molecule has 3 heterocycles. The number of aromatic nitrogens is 2. The Hall–Kier alpha value is -2.18. The Bertz CT molecular complexity index is 918. The Labute approximate surface area is 164 Å². The quantitative estimate of drug-likeness (QED) is 0.598. The van der Waals surface area contributed by atoms with Crippen LogP contribution in [0.3, 0.4) is 0 Å². The third-order valence-electron chi connectivity index (χ3n) is 5.20. The second kappa shape index (κ2) is 7.82. The summed E-state index contributed by atoms with van der Waals surface area (Å²) in [6.45, 7) is 6.03. The van der Waals surface area contributed by atoms with Crippen molar-refractivity contribution in [2.45, 2.75) is 45.7 Å². The summed E-state index contributed by atoms with van der Waals surface area (Å²) in [6.07, 6.45) is 3.35. The van der Waals surface area contributed by atoms with Crippen LogP contribution >= 0.6 is 11.3 Å². The Balaban J connectivity index is 1.50. The molecule has 142 valence electrons. The van der Waals surface area contributed by atoms with E-state index in [1.165, 1.54) is 22.4 Å². The van der Waals surface area contributed by atoms with Gasteiger partial charge in [-0.25, -0.2) is 0 Å². The molecule has 0 bridgehead atoms. The zero-order valence-corrected chi connectivity index (χ0v) is 16.9. The zero-order chi connectivity index (χ0) is 18.8. The molecule has 0 aliphatic carbocycles. The van der Waals surface area contributed by atoms with Gasteiger partial charge >= 0.3 is 0 Å². The van der Waals surface area contributed by atoms with Crippen LogP contribution in [0.5, 0.6) is 5.75 Å². The van der Waals surface area contributed by atoms with E-state index in [1.54, 1.807) is 18.4 Å². The van der Waals surface area contributed by atoms with E-state index in [0.29, 0.717) is 24.4 Å². The van der Waals surface area contributed by atoms with Gasteiger partial charge < -0.3 is 9.15 Å². The monoisotopic (exact) mass is 383 g/mol. The summed E-state index contributed by atoms with van der Waals surface area (Å²) >= 11 is 1.75. The summed E-state index contributed by atoms with van der Waals surface area (Å²) in [4.78, 5) is 4.86. The average Bonchev–Trinajstić information content (AvgIpc) is 3.42. The second-order valence-electron chi connectivity index (χ2n) is 6.98. The van der Waals surface area contributed by atoms with E-state index < -0.39 is 0 Å². The van der Waals surface area contributed by atoms with Gasteiger partial charge in [-0.1, -0.05) is 19.1 Å². The molecule has 1 atom stereocenters. The van der Waals surface area contributed by atoms with Crippen LogP contribution in [-0.4, -0.2) is 28.8 Å². The average molecular weight is 384 g/mol. The molecule has 0 N–H and O–H groups in total. The number of thiophene rings is 1. The maximum Gasteiger partial charge on any atom is 0.257 e. The Morgan fingerprint density at radius 3 is 2.96 bits per heavy atom. The lowest BCUT2D eigenvalue weighted by Crippen LogP contribution is -2.23. The Morgan fingerprint density at radius 2 is 2.19 bits per heavy atom. The number of rotatable bonds is 6. The molecule has 27 heavy (non-hydrogen) atoms. The highest BCUT2D eigenvalue weighted by molar-refractivity contribution is 7.15. The number of nitrogens with zero attached hydrogens (tertiary/aromatic N) is 3. The first-order chi connectivity index (χ1) is 13.2. The molecule has 0 spiro atoms. The van der Waals surface area contributed by atoms with Gasteiger partial charge in [-0.15, -0.1) is 21.5 Å². The van der Waals surface area contributed by atoms with Gasteiger partial charge in [-0.2, -0.15) is 0 Å². The molecule has 1 saturated heterocycles. The fraction of sp³-hybridized carbons (Fsp3) is 0.429. The van der Waals surface area contributed by atoms with Crippen molar-refractivity contribution in [3.8, 4) is 16.5 Å². The van der Waals surface area contributed by atoms with E-state index in [9.17, 15) is 0 Å². The molecular formula is C21H25N3O2S. The van der Waals surface area contributed by atoms with Crippen molar-refractivity contribution in [2.24, 2.45) is 0 Å². The lowest BCUT2D eigenvalue weighted by Gasteiger charge is -2.23. The summed E-state index contributed by atoms with van der Waals surface area (Å²) in [7, 11) is 1.71. The number of aryl methyl sites for hydroxylation is 2. The van der Waals surface area contributed by atoms with E-state index in [0.717, 1.165) is 30.0 Å². The minimum absolute atomic E-state index is 0.367. The highest BCUT2D eigenvalue weighted by Gasteiger charge is 2.28. The summed E-state index contributed by atoms with van der Waals surface area (Å²) in [6, 6.07) is 10.9. The van der Waals surface area contributed by atoms with E-state index in [2.05, 4.69) is 53.2 Å². The molecule has 1 fully saturated rings. The van der Waals surface area contributed by atoms with Crippen LogP contribution < -0.4 is 4.74 Å². The lowest BCUT2D eigenvalue weighted by molar-refractivity contribution is 0.224. The zero-order valence-electron chi connectivity index (χ0n) is 16.1. The van der Waals surface area contributed by atoms with E-state index in [4.69, 9.17) is 9.15 Å². The maximum absolute atomic E-state index is 6.00. The number of ether oxygens (including phenoxy) is 1. The molecule has 0 saturated carbocycles. The molecule has 4 rings (SSSR count). The third kappa shape index (κ3) is 3.77. The van der Waals surface area contributed by atoms with Crippen molar-refractivity contribution >= 4 is 11.3 Å². The highest BCUT2D eigenvalue weighted by Crippen LogP contribution is 2.35. The van der Waals surface area contributed by atoms with Crippen LogP contribution in [0.25, 0.3) is 10.8 Å². The fourth-order valence-electron chi connectivity index (χ4n) is 3.81. The molecule has 6 heteroatoms. The first-order valence-corrected chi connectivity index (χ1v) is 10.3. The fourth-order valence-corrected chi connectivity index (χ4v) is 4.84. The van der Waals surface area contributed by atoms with Gasteiger partial charge in [-0.05, 0) is 62.1 Å².